The van der Waals surface area contributed by atoms with Gasteiger partial charge in [-0.25, -0.2) is 0 Å². The normalized spacial score (nSPS) is 14.4. The molecule has 0 N–H and O–H groups in total. The second-order valence-corrected chi connectivity index (χ2v) is 26.8. The average molecular weight is 871 g/mol. The first-order chi connectivity index (χ1) is 28.5. The molecule has 15 heteroatoms. The standard InChI is InChI=1S/C45H50F3N6O3PSSi/c1-52(2)35-23-25-40-42(31-35)60(5,6)43-32-36(53(3)4)24-26-41(43)44(40)49-28-16-29-54-33-34(50-51-54)27-30-58(37-17-10-7-11-18-37,38-19-12-8-13-20-38,39-21-14-9-15-22-39)57-59(55,56)45(46,47)48/h7-15,17-26,31-33H,16,27-30H2,1-6H3. The van der Waals surface area contributed by atoms with E-state index >= 15 is 0 Å². The first kappa shape index (κ1) is 43.0. The molecule has 0 saturated carbocycles. The third-order valence-electron chi connectivity index (χ3n) is 11.5. The van der Waals surface area contributed by atoms with Crippen LogP contribution in [0.2, 0.25) is 13.1 Å². The molecule has 1 aliphatic heterocycles. The van der Waals surface area contributed by atoms with Crippen molar-refractivity contribution in [1.29, 1.82) is 0 Å². The number of rotatable bonds is 14. The van der Waals surface area contributed by atoms with Crippen molar-refractivity contribution in [3.63, 3.8) is 0 Å². The minimum atomic E-state index is -6.14. The molecule has 6 aromatic rings. The van der Waals surface area contributed by atoms with E-state index in [4.69, 9.17) is 8.96 Å². The van der Waals surface area contributed by atoms with Crippen molar-refractivity contribution >= 4 is 68.4 Å². The van der Waals surface area contributed by atoms with E-state index in [0.717, 1.165) is 28.2 Å². The molecule has 0 unspecified atom stereocenters. The molecule has 0 aliphatic carbocycles. The van der Waals surface area contributed by atoms with Crippen LogP contribution in [0.4, 0.5) is 24.5 Å². The molecule has 314 valence electrons. The van der Waals surface area contributed by atoms with E-state index < -0.39 is 30.5 Å². The quantitative estimate of drug-likeness (QED) is 0.0548. The number of hydrogen-bond donors (Lipinski definition) is 0. The number of anilines is 2. The van der Waals surface area contributed by atoms with Crippen molar-refractivity contribution in [2.75, 3.05) is 50.7 Å². The van der Waals surface area contributed by atoms with Crippen LogP contribution in [0.1, 0.15) is 23.2 Å². The van der Waals surface area contributed by atoms with E-state index in [0.29, 0.717) is 41.1 Å². The molecule has 0 atom stereocenters. The van der Waals surface area contributed by atoms with Crippen molar-refractivity contribution in [1.82, 2.24) is 15.0 Å². The van der Waals surface area contributed by atoms with Crippen LogP contribution in [0.25, 0.3) is 0 Å². The fourth-order valence-corrected chi connectivity index (χ4v) is 19.5. The summed E-state index contributed by atoms with van der Waals surface area (Å²) in [4.78, 5) is 9.48. The molecule has 60 heavy (non-hydrogen) atoms. The Hall–Kier alpha value is -5.14. The molecule has 0 fully saturated rings. The Labute approximate surface area is 351 Å². The van der Waals surface area contributed by atoms with E-state index in [1.165, 1.54) is 10.4 Å². The Morgan fingerprint density at radius 2 is 1.20 bits per heavy atom. The number of alkyl halides is 3. The molecule has 7 rings (SSSR count). The summed E-state index contributed by atoms with van der Waals surface area (Å²) in [6.07, 6.45) is 2.36. The van der Waals surface area contributed by atoms with Crippen molar-refractivity contribution < 1.29 is 25.6 Å². The van der Waals surface area contributed by atoms with Crippen molar-refractivity contribution in [3.8, 4) is 0 Å². The molecule has 0 spiro atoms. The number of halogens is 3. The maximum absolute atomic E-state index is 14.5. The third-order valence-corrected chi connectivity index (χ3v) is 23.0. The molecule has 1 aliphatic rings. The molecule has 0 amide bonds. The fraction of sp³-hybridized carbons (Fsp3) is 0.267. The zero-order valence-corrected chi connectivity index (χ0v) is 37.3. The Kier molecular flexibility index (Phi) is 11.7. The third kappa shape index (κ3) is 7.70. The van der Waals surface area contributed by atoms with Gasteiger partial charge in [0.05, 0.1) is 0 Å². The minimum absolute atomic E-state index is 0.0727. The van der Waals surface area contributed by atoms with Gasteiger partial charge in [0.2, 0.25) is 0 Å². The Balaban J connectivity index is 1.21. The molecular weight excluding hydrogens is 821 g/mol. The van der Waals surface area contributed by atoms with Gasteiger partial charge in [-0.05, 0) is 24.3 Å². The van der Waals surface area contributed by atoms with Gasteiger partial charge < -0.3 is 9.80 Å². The second-order valence-electron chi connectivity index (χ2n) is 16.1. The molecular formula is C45H50F3N6O3PSSi. The van der Waals surface area contributed by atoms with Gasteiger partial charge in [0.1, 0.15) is 8.07 Å². The fourth-order valence-electron chi connectivity index (χ4n) is 8.33. The summed E-state index contributed by atoms with van der Waals surface area (Å²) >= 11 is 0. The molecule has 0 radical (unpaired) electrons. The van der Waals surface area contributed by atoms with Crippen LogP contribution >= 0.6 is 6.83 Å². The molecule has 9 nitrogen and oxygen atoms in total. The van der Waals surface area contributed by atoms with E-state index in [-0.39, 0.29) is 12.6 Å². The topological polar surface area (TPSA) is 92.9 Å². The molecule has 0 saturated heterocycles. The van der Waals surface area contributed by atoms with Gasteiger partial charge in [-0.1, -0.05) is 13.1 Å². The molecule has 0 bridgehead atoms. The average Bonchev–Trinajstić information content (AvgIpc) is 3.70. The number of aromatic nitrogens is 3. The van der Waals surface area contributed by atoms with Crippen LogP contribution in [0, 0.1) is 0 Å². The van der Waals surface area contributed by atoms with Gasteiger partial charge in [-0.15, -0.1) is 0 Å². The van der Waals surface area contributed by atoms with E-state index in [1.807, 2.05) is 0 Å². The van der Waals surface area contributed by atoms with Crippen molar-refractivity contribution in [2.24, 2.45) is 4.99 Å². The van der Waals surface area contributed by atoms with Crippen LogP contribution < -0.4 is 36.1 Å². The predicted octanol–water partition coefficient (Wildman–Crippen LogP) is 6.33. The monoisotopic (exact) mass is 870 g/mol. The van der Waals surface area contributed by atoms with Gasteiger partial charge in [-0.2, -0.15) is 0 Å². The van der Waals surface area contributed by atoms with E-state index in [1.54, 1.807) is 102 Å². The van der Waals surface area contributed by atoms with Gasteiger partial charge in [-0.3, -0.25) is 0 Å². The summed E-state index contributed by atoms with van der Waals surface area (Å²) in [5.74, 6) is 0. The summed E-state index contributed by atoms with van der Waals surface area (Å²) in [7, 11) is -0.00554. The van der Waals surface area contributed by atoms with Gasteiger partial charge >= 0.3 is 258 Å². The summed E-state index contributed by atoms with van der Waals surface area (Å²) < 4.78 is 77.7. The second kappa shape index (κ2) is 16.4. The first-order valence-electron chi connectivity index (χ1n) is 19.8. The molecule has 5 aromatic carbocycles. The van der Waals surface area contributed by atoms with Crippen LogP contribution in [0.15, 0.2) is 139 Å². The number of aryl methyl sites for hydroxylation is 2. The van der Waals surface area contributed by atoms with Crippen LogP contribution in [-0.4, -0.2) is 83.6 Å². The molecule has 2 heterocycles. The van der Waals surface area contributed by atoms with E-state index in [2.05, 4.69) is 97.8 Å². The zero-order valence-electron chi connectivity index (χ0n) is 34.6. The summed E-state index contributed by atoms with van der Waals surface area (Å²) in [6.45, 7) is 0.834. The van der Waals surface area contributed by atoms with E-state index in [9.17, 15) is 21.6 Å². The maximum atomic E-state index is 14.5. The van der Waals surface area contributed by atoms with Crippen LogP contribution in [0.3, 0.4) is 0 Å². The van der Waals surface area contributed by atoms with Crippen LogP contribution in [0.5, 0.6) is 0 Å². The van der Waals surface area contributed by atoms with Gasteiger partial charge in [0, 0.05) is 39.6 Å². The van der Waals surface area contributed by atoms with Gasteiger partial charge in [0.15, 0.2) is 0 Å². The Morgan fingerprint density at radius 3 is 1.63 bits per heavy atom. The summed E-state index contributed by atoms with van der Waals surface area (Å²) in [6, 6.07) is 38.5. The number of aliphatic imine (C=N–C) groups is 1. The van der Waals surface area contributed by atoms with Crippen LogP contribution in [-0.2, 0) is 27.1 Å². The summed E-state index contributed by atoms with van der Waals surface area (Å²) in [5, 5.41) is 12.5. The zero-order chi connectivity index (χ0) is 43.0. The Bertz CT molecular complexity index is 2460. The summed E-state index contributed by atoms with van der Waals surface area (Å²) in [5.41, 5.74) is 0.419. The molecule has 1 aromatic heterocycles. The van der Waals surface area contributed by atoms with Gasteiger partial charge in [0.25, 0.3) is 0 Å². The first-order valence-corrected chi connectivity index (χ1v) is 26.5. The number of nitrogens with zero attached hydrogens (tertiary/aromatic N) is 6. The number of benzene rings is 5. The predicted molar refractivity (Wildman–Crippen MR) is 243 cm³/mol. The Morgan fingerprint density at radius 1 is 0.733 bits per heavy atom. The number of hydrogen-bond acceptors (Lipinski definition) is 8. The number of fused-ring (bicyclic) bond motifs is 2. The van der Waals surface area contributed by atoms with Crippen molar-refractivity contribution in [2.45, 2.75) is 38.0 Å². The van der Waals surface area contributed by atoms with Crippen molar-refractivity contribution in [3.05, 3.63) is 150 Å². The SMILES string of the molecule is CN(C)c1ccc2c(c1)[Si](C)(C)c1cc(N(C)C)ccc1C2=NCCCn1cc(CCP(OS(=O)(=O)C(F)(F)F)(c2ccccc2)(c2ccccc2)c2ccccc2)nn1.